The Bertz CT molecular complexity index is 1700. The zero-order chi connectivity index (χ0) is 52.0. The standard InChI is InChI=1S/C51H91N4O15P/c1-3-5-7-9-11-13-15-17-19-21-23-25-27-32-46(59)66-39-41(69-47(60)33-28-26-24-22-20-18-16-14-12-10-8-6-4-2)40-68-71(64,65)67-37-35-52-44(57)30-29-31-45(58)53-43-34-36-55(51(63)54-43)50-49(62)48(61)42(38-56)70-50/h34,36,41-42,48-50,56,61-62H,3-33,35,37-40H2,1-2H3,(H,52,57)(H,64,65)(H,53,54,58,63)/t41?,42-,48+,49?,50-/m1/s1. The third-order valence-electron chi connectivity index (χ3n) is 12.5. The topological polar surface area (TPSA) is 271 Å². The average molecular weight is 1030 g/mol. The van der Waals surface area contributed by atoms with Gasteiger partial charge in [0.2, 0.25) is 11.8 Å². The van der Waals surface area contributed by atoms with E-state index in [0.29, 0.717) is 12.8 Å². The van der Waals surface area contributed by atoms with Crippen molar-refractivity contribution >= 4 is 37.4 Å². The van der Waals surface area contributed by atoms with Crippen LogP contribution in [0.25, 0.3) is 0 Å². The molecule has 0 aromatic carbocycles. The molecule has 0 bridgehead atoms. The van der Waals surface area contributed by atoms with Crippen molar-refractivity contribution in [1.82, 2.24) is 14.9 Å². The number of phosphoric ester groups is 1. The summed E-state index contributed by atoms with van der Waals surface area (Å²) in [4.78, 5) is 76.9. The number of aliphatic hydroxyl groups is 3. The number of ether oxygens (including phenoxy) is 3. The van der Waals surface area contributed by atoms with Crippen molar-refractivity contribution in [2.45, 2.75) is 244 Å². The van der Waals surface area contributed by atoms with Crippen LogP contribution in [-0.4, -0.2) is 111 Å². The smallest absolute Gasteiger partial charge is 0.462 e. The van der Waals surface area contributed by atoms with Crippen molar-refractivity contribution in [3.05, 3.63) is 22.7 Å². The van der Waals surface area contributed by atoms with Gasteiger partial charge in [0.15, 0.2) is 12.3 Å². The number of anilines is 1. The Morgan fingerprint density at radius 2 is 1.17 bits per heavy atom. The third-order valence-corrected chi connectivity index (χ3v) is 13.5. The molecule has 3 unspecified atom stereocenters. The molecule has 0 radical (unpaired) electrons. The number of aliphatic hydroxyl groups excluding tert-OH is 3. The highest BCUT2D eigenvalue weighted by atomic mass is 31.2. The summed E-state index contributed by atoms with van der Waals surface area (Å²) in [6.45, 7) is 2.40. The molecule has 2 amide bonds. The van der Waals surface area contributed by atoms with Gasteiger partial charge in [0, 0.05) is 38.4 Å². The maximum absolute atomic E-state index is 12.8. The minimum Gasteiger partial charge on any atom is -0.462 e. The summed E-state index contributed by atoms with van der Waals surface area (Å²) in [5, 5.41) is 34.4. The van der Waals surface area contributed by atoms with Crippen LogP contribution in [0, 0.1) is 0 Å². The number of nitrogens with one attached hydrogen (secondary N) is 2. The van der Waals surface area contributed by atoms with E-state index in [9.17, 15) is 48.8 Å². The molecule has 6 atom stereocenters. The molecule has 1 saturated heterocycles. The third kappa shape index (κ3) is 31.1. The quantitative estimate of drug-likeness (QED) is 0.0203. The number of unbranched alkanes of at least 4 members (excludes halogenated alkanes) is 24. The average Bonchev–Trinajstić information content (AvgIpc) is 3.63. The van der Waals surface area contributed by atoms with Crippen LogP contribution in [0.5, 0.6) is 0 Å². The van der Waals surface area contributed by atoms with E-state index in [0.717, 1.165) is 43.1 Å². The minimum atomic E-state index is -4.69. The van der Waals surface area contributed by atoms with Gasteiger partial charge in [0.25, 0.3) is 0 Å². The lowest BCUT2D eigenvalue weighted by atomic mass is 10.0. The number of rotatable bonds is 45. The Hall–Kier alpha value is -3.29. The lowest BCUT2D eigenvalue weighted by molar-refractivity contribution is -0.161. The van der Waals surface area contributed by atoms with Gasteiger partial charge in [0.05, 0.1) is 19.8 Å². The van der Waals surface area contributed by atoms with Crippen molar-refractivity contribution < 1.29 is 67.2 Å². The maximum atomic E-state index is 12.8. The number of nitrogens with zero attached hydrogens (tertiary/aromatic N) is 2. The summed E-state index contributed by atoms with van der Waals surface area (Å²) in [7, 11) is -4.69. The van der Waals surface area contributed by atoms with Crippen LogP contribution in [0.2, 0.25) is 0 Å². The van der Waals surface area contributed by atoms with E-state index in [1.54, 1.807) is 0 Å². The van der Waals surface area contributed by atoms with Crippen LogP contribution in [0.4, 0.5) is 5.82 Å². The molecule has 1 fully saturated rings. The molecule has 19 nitrogen and oxygen atoms in total. The second-order valence-corrected chi connectivity index (χ2v) is 20.3. The fraction of sp³-hybridized carbons (Fsp3) is 0.843. The van der Waals surface area contributed by atoms with Gasteiger partial charge in [-0.15, -0.1) is 0 Å². The summed E-state index contributed by atoms with van der Waals surface area (Å²) in [6, 6.07) is 1.29. The predicted molar refractivity (Wildman–Crippen MR) is 270 cm³/mol. The molecule has 1 aromatic rings. The van der Waals surface area contributed by atoms with Gasteiger partial charge in [-0.25, -0.2) is 9.36 Å². The number of phosphoric acid groups is 1. The second kappa shape index (κ2) is 40.1. The van der Waals surface area contributed by atoms with E-state index in [4.69, 9.17) is 23.3 Å². The first-order chi connectivity index (χ1) is 34.3. The van der Waals surface area contributed by atoms with Crippen LogP contribution >= 0.6 is 7.82 Å². The number of aromatic nitrogens is 2. The SMILES string of the molecule is CCCCCCCCCCCCCCCC(=O)OCC(COP(=O)(O)OCCNC(=O)CCCC(=O)Nc1ccn([C@@H]2O[C@H](CO)[C@H](O)C2O)c(=O)n1)OC(=O)CCCCCCCCCCCCCCC. The summed E-state index contributed by atoms with van der Waals surface area (Å²) in [5.41, 5.74) is -0.883. The molecule has 410 valence electrons. The normalized spacial score (nSPS) is 17.9. The van der Waals surface area contributed by atoms with E-state index in [1.807, 2.05) is 0 Å². The van der Waals surface area contributed by atoms with Gasteiger partial charge in [-0.3, -0.25) is 32.8 Å². The van der Waals surface area contributed by atoms with Crippen LogP contribution in [0.15, 0.2) is 17.1 Å². The number of hydrogen-bond acceptors (Lipinski definition) is 15. The van der Waals surface area contributed by atoms with Gasteiger partial charge in [0.1, 0.15) is 30.7 Å². The Morgan fingerprint density at radius 1 is 0.676 bits per heavy atom. The molecule has 0 saturated carbocycles. The second-order valence-electron chi connectivity index (χ2n) is 18.9. The highest BCUT2D eigenvalue weighted by Crippen LogP contribution is 2.43. The molecular formula is C51H91N4O15P. The highest BCUT2D eigenvalue weighted by molar-refractivity contribution is 7.47. The van der Waals surface area contributed by atoms with E-state index in [2.05, 4.69) is 29.5 Å². The first-order valence-electron chi connectivity index (χ1n) is 27.0. The highest BCUT2D eigenvalue weighted by Gasteiger charge is 2.43. The molecule has 2 heterocycles. The number of esters is 2. The monoisotopic (exact) mass is 1030 g/mol. The van der Waals surface area contributed by atoms with Crippen molar-refractivity contribution in [3.8, 4) is 0 Å². The zero-order valence-electron chi connectivity index (χ0n) is 43.1. The molecule has 1 aliphatic rings. The number of carbonyl (C=O) groups is 4. The van der Waals surface area contributed by atoms with Crippen LogP contribution < -0.4 is 16.3 Å². The lowest BCUT2D eigenvalue weighted by Gasteiger charge is -2.20. The molecule has 1 aromatic heterocycles. The van der Waals surface area contributed by atoms with E-state index in [-0.39, 0.29) is 51.1 Å². The Morgan fingerprint density at radius 3 is 1.66 bits per heavy atom. The van der Waals surface area contributed by atoms with Gasteiger partial charge in [-0.05, 0) is 25.3 Å². The molecule has 2 rings (SSSR count). The maximum Gasteiger partial charge on any atom is 0.472 e. The minimum absolute atomic E-state index is 0.0780. The molecule has 0 aliphatic carbocycles. The Labute approximate surface area is 422 Å². The summed E-state index contributed by atoms with van der Waals surface area (Å²) in [5.74, 6) is -2.07. The first kappa shape index (κ1) is 63.8. The van der Waals surface area contributed by atoms with E-state index in [1.165, 1.54) is 128 Å². The van der Waals surface area contributed by atoms with Crippen molar-refractivity contribution in [1.29, 1.82) is 0 Å². The Kier molecular flexibility index (Phi) is 36.1. The van der Waals surface area contributed by atoms with Crippen molar-refractivity contribution in [2.75, 3.05) is 38.3 Å². The van der Waals surface area contributed by atoms with Gasteiger partial charge in [-0.1, -0.05) is 168 Å². The fourth-order valence-electron chi connectivity index (χ4n) is 8.25. The van der Waals surface area contributed by atoms with Gasteiger partial charge < -0.3 is 45.1 Å². The Balaban J connectivity index is 1.71. The predicted octanol–water partition coefficient (Wildman–Crippen LogP) is 8.63. The van der Waals surface area contributed by atoms with Crippen molar-refractivity contribution in [2.24, 2.45) is 0 Å². The molecule has 6 N–H and O–H groups in total. The molecular weight excluding hydrogens is 940 g/mol. The number of amides is 2. The summed E-state index contributed by atoms with van der Waals surface area (Å²) in [6.07, 6.45) is 25.5. The van der Waals surface area contributed by atoms with E-state index >= 15 is 0 Å². The van der Waals surface area contributed by atoms with Crippen molar-refractivity contribution in [3.63, 3.8) is 0 Å². The largest absolute Gasteiger partial charge is 0.472 e. The lowest BCUT2D eigenvalue weighted by Crippen LogP contribution is -2.36. The molecule has 20 heteroatoms. The van der Waals surface area contributed by atoms with Gasteiger partial charge >= 0.3 is 25.5 Å². The molecule has 1 aliphatic heterocycles. The molecule has 0 spiro atoms. The summed E-state index contributed by atoms with van der Waals surface area (Å²) >= 11 is 0. The zero-order valence-corrected chi connectivity index (χ0v) is 44.0. The van der Waals surface area contributed by atoms with E-state index < -0.39 is 87.7 Å². The van der Waals surface area contributed by atoms with Crippen LogP contribution in [0.1, 0.15) is 219 Å². The summed E-state index contributed by atoms with van der Waals surface area (Å²) < 4.78 is 40.1. The number of hydrogen-bond donors (Lipinski definition) is 6. The van der Waals surface area contributed by atoms with Crippen LogP contribution in [0.3, 0.4) is 0 Å². The first-order valence-corrected chi connectivity index (χ1v) is 28.5. The van der Waals surface area contributed by atoms with Crippen LogP contribution in [-0.2, 0) is 47.0 Å². The molecule has 71 heavy (non-hydrogen) atoms. The van der Waals surface area contributed by atoms with Gasteiger partial charge in [-0.2, -0.15) is 4.98 Å². The number of carbonyl (C=O) groups excluding carboxylic acids is 4. The fourth-order valence-corrected chi connectivity index (χ4v) is 9.00.